The summed E-state index contributed by atoms with van der Waals surface area (Å²) < 4.78 is 38.4. The van der Waals surface area contributed by atoms with Crippen molar-refractivity contribution in [2.45, 2.75) is 24.7 Å². The number of sulfonamides is 1. The largest absolute Gasteiger partial charge is 0.496 e. The van der Waals surface area contributed by atoms with Crippen LogP contribution in [0, 0.1) is 6.92 Å². The van der Waals surface area contributed by atoms with E-state index in [1.54, 1.807) is 37.4 Å². The van der Waals surface area contributed by atoms with Crippen LogP contribution in [0.25, 0.3) is 0 Å². The summed E-state index contributed by atoms with van der Waals surface area (Å²) in [4.78, 5) is 15.4. The van der Waals surface area contributed by atoms with E-state index in [2.05, 4.69) is 10.2 Å². The Balaban J connectivity index is 1.68. The molecule has 2 heterocycles. The number of anilines is 2. The van der Waals surface area contributed by atoms with Crippen molar-refractivity contribution in [3.05, 3.63) is 47.5 Å². The minimum absolute atomic E-state index is 0.166. The van der Waals surface area contributed by atoms with Crippen LogP contribution >= 0.6 is 0 Å². The first kappa shape index (κ1) is 22.6. The Hall–Kier alpha value is -2.62. The second-order valence-electron chi connectivity index (χ2n) is 8.03. The number of ether oxygens (including phenoxy) is 2. The fourth-order valence-corrected chi connectivity index (χ4v) is 5.54. The molecule has 8 nitrogen and oxygen atoms in total. The lowest BCUT2D eigenvalue weighted by atomic mass is 10.1. The maximum atomic E-state index is 13.2. The molecular weight excluding hydrogens is 430 g/mol. The number of hydrogen-bond donors (Lipinski definition) is 1. The van der Waals surface area contributed by atoms with E-state index in [9.17, 15) is 13.2 Å². The Labute approximate surface area is 189 Å². The fraction of sp³-hybridized carbons (Fsp3) is 0.435. The van der Waals surface area contributed by atoms with Gasteiger partial charge >= 0.3 is 0 Å². The number of carbonyl (C=O) groups excluding carboxylic acids is 1. The van der Waals surface area contributed by atoms with Gasteiger partial charge in [0.1, 0.15) is 5.75 Å². The number of hydrogen-bond acceptors (Lipinski definition) is 6. The maximum absolute atomic E-state index is 13.2. The van der Waals surface area contributed by atoms with Gasteiger partial charge in [0, 0.05) is 31.7 Å². The van der Waals surface area contributed by atoms with Crippen LogP contribution in [0.3, 0.4) is 0 Å². The first-order valence-electron chi connectivity index (χ1n) is 10.8. The van der Waals surface area contributed by atoms with E-state index < -0.39 is 10.0 Å². The Kier molecular flexibility index (Phi) is 6.68. The predicted molar refractivity (Wildman–Crippen MR) is 123 cm³/mol. The first-order chi connectivity index (χ1) is 15.4. The summed E-state index contributed by atoms with van der Waals surface area (Å²) in [6.07, 6.45) is 2.13. The van der Waals surface area contributed by atoms with Crippen LogP contribution < -0.4 is 15.0 Å². The zero-order chi connectivity index (χ0) is 22.7. The lowest BCUT2D eigenvalue weighted by molar-refractivity contribution is 0.0730. The standard InChI is InChI=1S/C23H29N3O5S/c1-17-5-6-18(15-22(17)30-2)23(27)24-20-16-19(7-8-21(20)25-9-3-4-10-25)32(28,29)26-11-13-31-14-12-26/h5-8,15-16H,3-4,9-14H2,1-2H3,(H,24,27). The number of carbonyl (C=O) groups is 1. The van der Waals surface area contributed by atoms with E-state index in [0.717, 1.165) is 37.2 Å². The Morgan fingerprint density at radius 1 is 1.03 bits per heavy atom. The average Bonchev–Trinajstić information content (AvgIpc) is 3.34. The molecule has 2 saturated heterocycles. The van der Waals surface area contributed by atoms with Crippen molar-refractivity contribution in [3.63, 3.8) is 0 Å². The van der Waals surface area contributed by atoms with E-state index in [1.807, 2.05) is 13.0 Å². The quantitative estimate of drug-likeness (QED) is 0.715. The van der Waals surface area contributed by atoms with Crippen molar-refractivity contribution in [1.29, 1.82) is 0 Å². The second-order valence-corrected chi connectivity index (χ2v) is 9.97. The number of nitrogens with one attached hydrogen (secondary N) is 1. The molecule has 0 atom stereocenters. The molecule has 172 valence electrons. The summed E-state index contributed by atoms with van der Waals surface area (Å²) in [5, 5.41) is 2.95. The van der Waals surface area contributed by atoms with Crippen molar-refractivity contribution in [2.24, 2.45) is 0 Å². The number of amides is 1. The molecule has 0 unspecified atom stereocenters. The number of aryl methyl sites for hydroxylation is 1. The van der Waals surface area contributed by atoms with Crippen LogP contribution in [0.2, 0.25) is 0 Å². The molecule has 32 heavy (non-hydrogen) atoms. The molecule has 0 saturated carbocycles. The molecule has 2 aliphatic rings. The molecule has 0 aromatic heterocycles. The maximum Gasteiger partial charge on any atom is 0.255 e. The van der Waals surface area contributed by atoms with Gasteiger partial charge in [-0.1, -0.05) is 6.07 Å². The molecule has 1 amide bonds. The van der Waals surface area contributed by atoms with Crippen molar-refractivity contribution < 1.29 is 22.7 Å². The van der Waals surface area contributed by atoms with Crippen LogP contribution in [0.15, 0.2) is 41.3 Å². The summed E-state index contributed by atoms with van der Waals surface area (Å²) in [5.41, 5.74) is 2.70. The molecule has 0 radical (unpaired) electrons. The molecule has 2 fully saturated rings. The highest BCUT2D eigenvalue weighted by atomic mass is 32.2. The predicted octanol–water partition coefficient (Wildman–Crippen LogP) is 2.88. The van der Waals surface area contributed by atoms with Crippen LogP contribution in [-0.2, 0) is 14.8 Å². The van der Waals surface area contributed by atoms with Crippen molar-refractivity contribution in [2.75, 3.05) is 56.7 Å². The number of methoxy groups -OCH3 is 1. The lowest BCUT2D eigenvalue weighted by Gasteiger charge is -2.27. The highest BCUT2D eigenvalue weighted by Gasteiger charge is 2.28. The summed E-state index contributed by atoms with van der Waals surface area (Å²) in [6.45, 7) is 5.05. The van der Waals surface area contributed by atoms with Gasteiger partial charge in [-0.25, -0.2) is 8.42 Å². The average molecular weight is 460 g/mol. The third-order valence-electron chi connectivity index (χ3n) is 5.94. The van der Waals surface area contributed by atoms with Gasteiger partial charge in [0.15, 0.2) is 0 Å². The summed E-state index contributed by atoms with van der Waals surface area (Å²) in [6, 6.07) is 10.2. The smallest absolute Gasteiger partial charge is 0.255 e. The monoisotopic (exact) mass is 459 g/mol. The Morgan fingerprint density at radius 2 is 1.75 bits per heavy atom. The molecule has 0 bridgehead atoms. The normalized spacial score (nSPS) is 17.4. The third-order valence-corrected chi connectivity index (χ3v) is 7.84. The van der Waals surface area contributed by atoms with E-state index in [-0.39, 0.29) is 10.8 Å². The second kappa shape index (κ2) is 9.48. The molecule has 2 aromatic carbocycles. The number of nitrogens with zero attached hydrogens (tertiary/aromatic N) is 2. The number of morpholine rings is 1. The summed E-state index contributed by atoms with van der Waals surface area (Å²) in [7, 11) is -2.11. The molecule has 4 rings (SSSR count). The lowest BCUT2D eigenvalue weighted by Crippen LogP contribution is -2.40. The molecule has 2 aromatic rings. The minimum atomic E-state index is -3.68. The van der Waals surface area contributed by atoms with Gasteiger partial charge in [-0.05, 0) is 55.7 Å². The fourth-order valence-electron chi connectivity index (χ4n) is 4.10. The first-order valence-corrected chi connectivity index (χ1v) is 12.3. The van der Waals surface area contributed by atoms with Gasteiger partial charge in [0.05, 0.1) is 36.6 Å². The molecule has 0 spiro atoms. The SMILES string of the molecule is COc1cc(C(=O)Nc2cc(S(=O)(=O)N3CCOCC3)ccc2N2CCCC2)ccc1C. The molecule has 1 N–H and O–H groups in total. The zero-order valence-electron chi connectivity index (χ0n) is 18.5. The Morgan fingerprint density at radius 3 is 2.44 bits per heavy atom. The number of rotatable bonds is 6. The third kappa shape index (κ3) is 4.60. The van der Waals surface area contributed by atoms with Gasteiger partial charge in [0.2, 0.25) is 10.0 Å². The summed E-state index contributed by atoms with van der Waals surface area (Å²) in [5.74, 6) is 0.311. The topological polar surface area (TPSA) is 88.2 Å². The highest BCUT2D eigenvalue weighted by molar-refractivity contribution is 7.89. The van der Waals surface area contributed by atoms with E-state index in [0.29, 0.717) is 43.3 Å². The summed E-state index contributed by atoms with van der Waals surface area (Å²) >= 11 is 0. The zero-order valence-corrected chi connectivity index (χ0v) is 19.3. The minimum Gasteiger partial charge on any atom is -0.496 e. The van der Waals surface area contributed by atoms with Gasteiger partial charge in [-0.15, -0.1) is 0 Å². The Bertz CT molecular complexity index is 1090. The van der Waals surface area contributed by atoms with E-state index >= 15 is 0 Å². The van der Waals surface area contributed by atoms with Gasteiger partial charge in [-0.3, -0.25) is 4.79 Å². The van der Waals surface area contributed by atoms with Crippen LogP contribution in [0.1, 0.15) is 28.8 Å². The van der Waals surface area contributed by atoms with Crippen molar-refractivity contribution >= 4 is 27.3 Å². The van der Waals surface area contributed by atoms with Gasteiger partial charge in [0.25, 0.3) is 5.91 Å². The molecule has 9 heteroatoms. The molecule has 2 aliphatic heterocycles. The van der Waals surface area contributed by atoms with E-state index in [4.69, 9.17) is 9.47 Å². The molecular formula is C23H29N3O5S. The van der Waals surface area contributed by atoms with Crippen LogP contribution in [0.5, 0.6) is 5.75 Å². The van der Waals surface area contributed by atoms with Crippen molar-refractivity contribution in [1.82, 2.24) is 4.31 Å². The number of benzene rings is 2. The van der Waals surface area contributed by atoms with Crippen LogP contribution in [-0.4, -0.2) is 65.1 Å². The highest BCUT2D eigenvalue weighted by Crippen LogP contribution is 2.33. The van der Waals surface area contributed by atoms with E-state index in [1.165, 1.54) is 4.31 Å². The van der Waals surface area contributed by atoms with Gasteiger partial charge in [-0.2, -0.15) is 4.31 Å². The van der Waals surface area contributed by atoms with Crippen LogP contribution in [0.4, 0.5) is 11.4 Å². The van der Waals surface area contributed by atoms with Crippen molar-refractivity contribution in [3.8, 4) is 5.75 Å². The molecule has 0 aliphatic carbocycles. The van der Waals surface area contributed by atoms with Gasteiger partial charge < -0.3 is 19.7 Å².